The van der Waals surface area contributed by atoms with Gasteiger partial charge < -0.3 is 20.6 Å². The van der Waals surface area contributed by atoms with Crippen LogP contribution in [0.3, 0.4) is 0 Å². The van der Waals surface area contributed by atoms with Gasteiger partial charge in [-0.1, -0.05) is 13.8 Å². The lowest BCUT2D eigenvalue weighted by atomic mass is 10.1. The number of amides is 1. The third kappa shape index (κ3) is 6.51. The molecule has 0 spiro atoms. The van der Waals surface area contributed by atoms with Crippen molar-refractivity contribution in [3.63, 3.8) is 0 Å². The smallest absolute Gasteiger partial charge is 0.251 e. The summed E-state index contributed by atoms with van der Waals surface area (Å²) in [6.07, 6.45) is 2.05. The number of nitrogens with zero attached hydrogens (tertiary/aromatic N) is 4. The van der Waals surface area contributed by atoms with E-state index in [1.807, 2.05) is 31.9 Å². The third-order valence-electron chi connectivity index (χ3n) is 4.38. The highest BCUT2D eigenvalue weighted by atomic mass is 16.3. The topological polar surface area (TPSA) is 94.8 Å². The minimum Gasteiger partial charge on any atom is -0.508 e. The Kier molecular flexibility index (Phi) is 8.06. The number of carbonyl (C=O) groups is 1. The van der Waals surface area contributed by atoms with Crippen LogP contribution in [0.25, 0.3) is 0 Å². The second kappa shape index (κ2) is 10.5. The number of carbonyl (C=O) groups excluding carboxylic acids is 1. The molecule has 2 rings (SSSR count). The molecule has 0 saturated heterocycles. The van der Waals surface area contributed by atoms with Gasteiger partial charge >= 0.3 is 0 Å². The molecule has 0 fully saturated rings. The van der Waals surface area contributed by atoms with Crippen molar-refractivity contribution in [1.82, 2.24) is 25.3 Å². The molecule has 1 heterocycles. The lowest BCUT2D eigenvalue weighted by molar-refractivity contribution is 0.0955. The molecule has 0 atom stereocenters. The SMILES string of the molecule is CCNC(=NCCNC(=O)c1ccc(O)cc1)N(C)Cc1cn(C)nc1C(C)C. The van der Waals surface area contributed by atoms with Crippen molar-refractivity contribution >= 4 is 11.9 Å². The number of aromatic nitrogens is 2. The quantitative estimate of drug-likeness (QED) is 0.358. The number of guanidine groups is 1. The summed E-state index contributed by atoms with van der Waals surface area (Å²) < 4.78 is 1.85. The van der Waals surface area contributed by atoms with Gasteiger partial charge in [-0.3, -0.25) is 14.5 Å². The highest BCUT2D eigenvalue weighted by Crippen LogP contribution is 2.18. The Morgan fingerprint density at radius 1 is 1.28 bits per heavy atom. The number of benzene rings is 1. The van der Waals surface area contributed by atoms with Crippen LogP contribution in [0, 0.1) is 0 Å². The molecule has 0 aliphatic heterocycles. The lowest BCUT2D eigenvalue weighted by Crippen LogP contribution is -2.39. The maximum Gasteiger partial charge on any atom is 0.251 e. The lowest BCUT2D eigenvalue weighted by Gasteiger charge is -2.22. The van der Waals surface area contributed by atoms with Gasteiger partial charge in [0.25, 0.3) is 5.91 Å². The van der Waals surface area contributed by atoms with Gasteiger partial charge in [-0.05, 0) is 37.1 Å². The minimum absolute atomic E-state index is 0.138. The molecule has 0 aliphatic carbocycles. The highest BCUT2D eigenvalue weighted by Gasteiger charge is 2.15. The molecule has 0 aliphatic rings. The molecule has 0 unspecified atom stereocenters. The normalized spacial score (nSPS) is 11.6. The van der Waals surface area contributed by atoms with Crippen molar-refractivity contribution in [1.29, 1.82) is 0 Å². The highest BCUT2D eigenvalue weighted by molar-refractivity contribution is 5.94. The van der Waals surface area contributed by atoms with Crippen LogP contribution in [-0.2, 0) is 13.6 Å². The van der Waals surface area contributed by atoms with Gasteiger partial charge in [0.05, 0.1) is 12.2 Å². The second-order valence-electron chi connectivity index (χ2n) is 7.26. The van der Waals surface area contributed by atoms with Gasteiger partial charge in [0.15, 0.2) is 5.96 Å². The summed E-state index contributed by atoms with van der Waals surface area (Å²) in [5.74, 6) is 1.09. The average Bonchev–Trinajstić information content (AvgIpc) is 3.05. The fourth-order valence-electron chi connectivity index (χ4n) is 3.01. The zero-order valence-electron chi connectivity index (χ0n) is 17.9. The van der Waals surface area contributed by atoms with Gasteiger partial charge in [0.2, 0.25) is 0 Å². The van der Waals surface area contributed by atoms with Crippen LogP contribution < -0.4 is 10.6 Å². The Morgan fingerprint density at radius 2 is 1.97 bits per heavy atom. The monoisotopic (exact) mass is 400 g/mol. The average molecular weight is 401 g/mol. The van der Waals surface area contributed by atoms with Crippen LogP contribution in [0.5, 0.6) is 5.75 Å². The molecule has 1 aromatic heterocycles. The van der Waals surface area contributed by atoms with Crippen LogP contribution in [0.2, 0.25) is 0 Å². The van der Waals surface area contributed by atoms with Gasteiger partial charge in [-0.25, -0.2) is 0 Å². The number of phenolic OH excluding ortho intramolecular Hbond substituents is 1. The molecular formula is C21H32N6O2. The van der Waals surface area contributed by atoms with Crippen molar-refractivity contribution in [2.75, 3.05) is 26.7 Å². The molecule has 29 heavy (non-hydrogen) atoms. The summed E-state index contributed by atoms with van der Waals surface area (Å²) in [6, 6.07) is 6.17. The number of aliphatic imine (C=N–C) groups is 1. The Balaban J connectivity index is 1.94. The first-order valence-corrected chi connectivity index (χ1v) is 9.90. The summed E-state index contributed by atoms with van der Waals surface area (Å²) in [5.41, 5.74) is 2.78. The number of hydrogen-bond acceptors (Lipinski definition) is 4. The molecule has 1 aromatic carbocycles. The van der Waals surface area contributed by atoms with E-state index in [0.29, 0.717) is 31.1 Å². The molecule has 3 N–H and O–H groups in total. The number of phenols is 1. The van der Waals surface area contributed by atoms with Gasteiger partial charge in [0, 0.05) is 51.1 Å². The molecule has 0 saturated carbocycles. The number of hydrogen-bond donors (Lipinski definition) is 3. The zero-order chi connectivity index (χ0) is 21.4. The van der Waals surface area contributed by atoms with Crippen molar-refractivity contribution < 1.29 is 9.90 Å². The molecule has 2 aromatic rings. The number of aryl methyl sites for hydroxylation is 1. The van der Waals surface area contributed by atoms with Crippen molar-refractivity contribution in [2.24, 2.45) is 12.0 Å². The molecule has 0 bridgehead atoms. The first kappa shape index (κ1) is 22.3. The predicted molar refractivity (Wildman–Crippen MR) is 115 cm³/mol. The molecule has 158 valence electrons. The van der Waals surface area contributed by atoms with Gasteiger partial charge in [-0.15, -0.1) is 0 Å². The summed E-state index contributed by atoms with van der Waals surface area (Å²) in [4.78, 5) is 18.8. The maximum atomic E-state index is 12.1. The minimum atomic E-state index is -0.185. The van der Waals surface area contributed by atoms with E-state index >= 15 is 0 Å². The maximum absolute atomic E-state index is 12.1. The summed E-state index contributed by atoms with van der Waals surface area (Å²) in [5, 5.41) is 20.0. The first-order chi connectivity index (χ1) is 13.8. The van der Waals surface area contributed by atoms with E-state index in [9.17, 15) is 9.90 Å². The first-order valence-electron chi connectivity index (χ1n) is 9.90. The molecule has 0 radical (unpaired) electrons. The number of aromatic hydroxyl groups is 1. The number of rotatable bonds is 8. The molecule has 1 amide bonds. The van der Waals surface area contributed by atoms with E-state index < -0.39 is 0 Å². The van der Waals surface area contributed by atoms with Crippen LogP contribution in [0.1, 0.15) is 48.3 Å². The van der Waals surface area contributed by atoms with Crippen LogP contribution >= 0.6 is 0 Å². The van der Waals surface area contributed by atoms with E-state index in [4.69, 9.17) is 0 Å². The summed E-state index contributed by atoms with van der Waals surface area (Å²) in [6.45, 7) is 8.65. The predicted octanol–water partition coefficient (Wildman–Crippen LogP) is 2.08. The Bertz CT molecular complexity index is 826. The van der Waals surface area contributed by atoms with Gasteiger partial charge in [-0.2, -0.15) is 5.10 Å². The second-order valence-corrected chi connectivity index (χ2v) is 7.26. The largest absolute Gasteiger partial charge is 0.508 e. The standard InChI is InChI=1S/C21H32N6O2/c1-6-22-21(26(4)13-17-14-27(5)25-19(17)15(2)3)24-12-11-23-20(29)16-7-9-18(28)10-8-16/h7-10,14-15,28H,6,11-13H2,1-5H3,(H,22,24)(H,23,29). The van der Waals surface area contributed by atoms with E-state index in [0.717, 1.165) is 18.2 Å². The van der Waals surface area contributed by atoms with Crippen molar-refractivity contribution in [2.45, 2.75) is 33.2 Å². The summed E-state index contributed by atoms with van der Waals surface area (Å²) >= 11 is 0. The van der Waals surface area contributed by atoms with Crippen LogP contribution in [-0.4, -0.2) is 58.3 Å². The van der Waals surface area contributed by atoms with Crippen LogP contribution in [0.15, 0.2) is 35.5 Å². The third-order valence-corrected chi connectivity index (χ3v) is 4.38. The van der Waals surface area contributed by atoms with Gasteiger partial charge in [0.1, 0.15) is 5.75 Å². The Hall–Kier alpha value is -3.03. The number of nitrogens with one attached hydrogen (secondary N) is 2. The zero-order valence-corrected chi connectivity index (χ0v) is 17.9. The van der Waals surface area contributed by atoms with E-state index in [2.05, 4.69) is 39.5 Å². The van der Waals surface area contributed by atoms with Crippen molar-refractivity contribution in [3.8, 4) is 5.75 Å². The van der Waals surface area contributed by atoms with Crippen molar-refractivity contribution in [3.05, 3.63) is 47.3 Å². The fourth-order valence-corrected chi connectivity index (χ4v) is 3.01. The Morgan fingerprint density at radius 3 is 2.59 bits per heavy atom. The molecular weight excluding hydrogens is 368 g/mol. The fraction of sp³-hybridized carbons (Fsp3) is 0.476. The van der Waals surface area contributed by atoms with E-state index in [-0.39, 0.29) is 11.7 Å². The van der Waals surface area contributed by atoms with Crippen LogP contribution in [0.4, 0.5) is 0 Å². The summed E-state index contributed by atoms with van der Waals surface area (Å²) in [7, 11) is 3.93. The molecule has 8 nitrogen and oxygen atoms in total. The Labute approximate surface area is 172 Å². The van der Waals surface area contributed by atoms with E-state index in [1.165, 1.54) is 17.7 Å². The molecule has 8 heteroatoms. The van der Waals surface area contributed by atoms with E-state index in [1.54, 1.807) is 12.1 Å².